The van der Waals surface area contributed by atoms with Crippen LogP contribution < -0.4 is 20.1 Å². The Morgan fingerprint density at radius 1 is 1.16 bits per heavy atom. The Morgan fingerprint density at radius 3 is 2.86 bits per heavy atom. The van der Waals surface area contributed by atoms with Gasteiger partial charge in [0.1, 0.15) is 29.2 Å². The number of rotatable bonds is 5. The maximum absolute atomic E-state index is 12.9. The fourth-order valence-electron chi connectivity index (χ4n) is 4.76. The van der Waals surface area contributed by atoms with Crippen molar-refractivity contribution in [2.24, 2.45) is 0 Å². The zero-order valence-electron chi connectivity index (χ0n) is 19.2. The molecule has 2 aliphatic heterocycles. The topological polar surface area (TPSA) is 89.6 Å². The summed E-state index contributed by atoms with van der Waals surface area (Å²) in [4.78, 5) is 28.3. The Hall–Kier alpha value is -4.34. The minimum Gasteiger partial charge on any atom is -0.487 e. The molecule has 0 saturated heterocycles. The monoisotopic (exact) mass is 507 g/mol. The molecule has 2 N–H and O–H groups in total. The van der Waals surface area contributed by atoms with E-state index in [-0.39, 0.29) is 29.5 Å². The maximum Gasteiger partial charge on any atom is 0.416 e. The number of hydrogen-bond acceptors (Lipinski definition) is 5. The number of alkyl halides is 3. The van der Waals surface area contributed by atoms with Crippen LogP contribution in [-0.2, 0) is 22.2 Å². The molecule has 1 aliphatic carbocycles. The van der Waals surface area contributed by atoms with Gasteiger partial charge >= 0.3 is 6.18 Å². The Balaban J connectivity index is 1.12. The van der Waals surface area contributed by atoms with Crippen LogP contribution in [0.4, 0.5) is 19.0 Å². The zero-order valence-corrected chi connectivity index (χ0v) is 19.2. The largest absolute Gasteiger partial charge is 0.487 e. The molecule has 188 valence electrons. The Labute approximate surface area is 209 Å². The number of pyridine rings is 1. The molecule has 3 aromatic rings. The van der Waals surface area contributed by atoms with Crippen LogP contribution in [-0.4, -0.2) is 28.9 Å². The molecule has 3 heterocycles. The van der Waals surface area contributed by atoms with E-state index in [0.29, 0.717) is 30.2 Å². The van der Waals surface area contributed by atoms with Gasteiger partial charge in [0.15, 0.2) is 0 Å². The third-order valence-corrected chi connectivity index (χ3v) is 6.61. The molecule has 0 bridgehead atoms. The van der Waals surface area contributed by atoms with Gasteiger partial charge in [0.2, 0.25) is 11.8 Å². The highest BCUT2D eigenvalue weighted by Crippen LogP contribution is 2.54. The second kappa shape index (κ2) is 8.65. The molecular formula is C27H20F3N3O4. The number of nitrogens with one attached hydrogen (secondary N) is 2. The van der Waals surface area contributed by atoms with Gasteiger partial charge in [0, 0.05) is 29.8 Å². The molecule has 10 heteroatoms. The average molecular weight is 507 g/mol. The number of hydrogen-bond donors (Lipinski definition) is 2. The molecule has 1 saturated carbocycles. The van der Waals surface area contributed by atoms with Crippen molar-refractivity contribution in [1.82, 2.24) is 10.3 Å². The van der Waals surface area contributed by atoms with Gasteiger partial charge in [0.25, 0.3) is 0 Å². The molecule has 2 amide bonds. The van der Waals surface area contributed by atoms with Crippen molar-refractivity contribution < 1.29 is 32.2 Å². The number of anilines is 1. The van der Waals surface area contributed by atoms with Crippen LogP contribution in [0.5, 0.6) is 17.2 Å². The lowest BCUT2D eigenvalue weighted by molar-refractivity contribution is -0.137. The van der Waals surface area contributed by atoms with Gasteiger partial charge in [-0.05, 0) is 54.5 Å². The smallest absolute Gasteiger partial charge is 0.416 e. The van der Waals surface area contributed by atoms with Gasteiger partial charge in [-0.3, -0.25) is 9.59 Å². The molecule has 0 radical (unpaired) electrons. The van der Waals surface area contributed by atoms with Crippen LogP contribution in [0, 0.1) is 0 Å². The van der Waals surface area contributed by atoms with E-state index >= 15 is 0 Å². The fourth-order valence-corrected chi connectivity index (χ4v) is 4.76. The van der Waals surface area contributed by atoms with Crippen LogP contribution >= 0.6 is 0 Å². The van der Waals surface area contributed by atoms with Crippen molar-refractivity contribution in [1.29, 1.82) is 0 Å². The first kappa shape index (κ1) is 23.1. The summed E-state index contributed by atoms with van der Waals surface area (Å²) in [6.45, 7) is 0. The van der Waals surface area contributed by atoms with E-state index < -0.39 is 17.6 Å². The van der Waals surface area contributed by atoms with Crippen molar-refractivity contribution >= 4 is 23.7 Å². The van der Waals surface area contributed by atoms with Crippen molar-refractivity contribution in [2.45, 2.75) is 37.1 Å². The molecule has 6 rings (SSSR count). The maximum atomic E-state index is 12.9. The Bertz CT molecular complexity index is 1450. The quantitative estimate of drug-likeness (QED) is 0.483. The summed E-state index contributed by atoms with van der Waals surface area (Å²) in [6.07, 6.45) is 0.380. The number of nitrogens with zero attached hydrogens (tertiary/aromatic N) is 1. The average Bonchev–Trinajstić information content (AvgIpc) is 3.38. The summed E-state index contributed by atoms with van der Waals surface area (Å²) >= 11 is 0. The third-order valence-electron chi connectivity index (χ3n) is 6.61. The Morgan fingerprint density at radius 2 is 2.03 bits per heavy atom. The molecular weight excluding hydrogens is 487 g/mol. The summed E-state index contributed by atoms with van der Waals surface area (Å²) in [5.74, 6) is 1.88. The van der Waals surface area contributed by atoms with E-state index in [2.05, 4.69) is 15.6 Å². The second-order valence-corrected chi connectivity index (χ2v) is 9.09. The first-order chi connectivity index (χ1) is 17.8. The van der Waals surface area contributed by atoms with Crippen LogP contribution in [0.2, 0.25) is 0 Å². The minimum absolute atomic E-state index is 0.0462. The molecule has 3 unspecified atom stereocenters. The molecule has 2 aromatic carbocycles. The Kier molecular flexibility index (Phi) is 5.40. The lowest BCUT2D eigenvalue weighted by atomic mass is 10.1. The van der Waals surface area contributed by atoms with Gasteiger partial charge in [-0.25, -0.2) is 4.98 Å². The molecule has 1 aromatic heterocycles. The number of carbonyl (C=O) groups is 2. The van der Waals surface area contributed by atoms with E-state index in [9.17, 15) is 22.8 Å². The van der Waals surface area contributed by atoms with Crippen molar-refractivity contribution in [3.63, 3.8) is 0 Å². The molecule has 7 nitrogen and oxygen atoms in total. The molecule has 3 aliphatic rings. The minimum atomic E-state index is -4.45. The lowest BCUT2D eigenvalue weighted by Crippen LogP contribution is -2.28. The predicted molar refractivity (Wildman–Crippen MR) is 127 cm³/mol. The highest BCUT2D eigenvalue weighted by Gasteiger charge is 2.59. The zero-order chi connectivity index (χ0) is 25.7. The highest BCUT2D eigenvalue weighted by molar-refractivity contribution is 5.93. The standard InChI is InChI=1S/C27H20F3N3O4/c28-27(29,30)15-3-1-2-14(12-15)4-8-21(34)32-24-23-18-13-16(5-7-19(18)37-25(23)24)36-20-10-11-31-26-17(20)6-9-22(35)33-26/h1-5,7-8,10-13,23-25H,6,9H2,(H,32,34)(H,31,33,35). The number of fused-ring (bicyclic) bond motifs is 4. The first-order valence-corrected chi connectivity index (χ1v) is 11.7. The van der Waals surface area contributed by atoms with Crippen LogP contribution in [0.25, 0.3) is 6.08 Å². The van der Waals surface area contributed by atoms with Crippen molar-refractivity contribution in [3.8, 4) is 17.2 Å². The number of aromatic nitrogens is 1. The number of amides is 2. The van der Waals surface area contributed by atoms with Crippen LogP contribution in [0.1, 0.15) is 34.6 Å². The summed E-state index contributed by atoms with van der Waals surface area (Å²) < 4.78 is 50.7. The third kappa shape index (κ3) is 4.50. The normalized spacial score (nSPS) is 21.4. The molecule has 1 fully saturated rings. The van der Waals surface area contributed by atoms with Crippen LogP contribution in [0.3, 0.4) is 0 Å². The second-order valence-electron chi connectivity index (χ2n) is 9.09. The molecule has 0 spiro atoms. The predicted octanol–water partition coefficient (Wildman–Crippen LogP) is 4.83. The van der Waals surface area contributed by atoms with E-state index in [1.54, 1.807) is 18.3 Å². The number of carbonyl (C=O) groups excluding carboxylic acids is 2. The van der Waals surface area contributed by atoms with E-state index in [1.165, 1.54) is 24.3 Å². The summed E-state index contributed by atoms with van der Waals surface area (Å²) in [5.41, 5.74) is 1.25. The lowest BCUT2D eigenvalue weighted by Gasteiger charge is -2.19. The number of halogens is 3. The highest BCUT2D eigenvalue weighted by atomic mass is 19.4. The number of benzene rings is 2. The van der Waals surface area contributed by atoms with E-state index in [1.807, 2.05) is 12.1 Å². The summed E-state index contributed by atoms with van der Waals surface area (Å²) in [7, 11) is 0. The van der Waals surface area contributed by atoms with Crippen molar-refractivity contribution in [2.75, 3.05) is 5.32 Å². The fraction of sp³-hybridized carbons (Fsp3) is 0.222. The summed E-state index contributed by atoms with van der Waals surface area (Å²) in [6, 6.07) is 11.8. The van der Waals surface area contributed by atoms with Gasteiger partial charge in [0.05, 0.1) is 17.5 Å². The van der Waals surface area contributed by atoms with E-state index in [4.69, 9.17) is 9.47 Å². The van der Waals surface area contributed by atoms with Crippen molar-refractivity contribution in [3.05, 3.63) is 83.1 Å². The van der Waals surface area contributed by atoms with Crippen LogP contribution in [0.15, 0.2) is 60.8 Å². The van der Waals surface area contributed by atoms with Gasteiger partial charge in [-0.15, -0.1) is 0 Å². The number of ether oxygens (including phenoxy) is 2. The van der Waals surface area contributed by atoms with Gasteiger partial charge < -0.3 is 20.1 Å². The molecule has 3 atom stereocenters. The van der Waals surface area contributed by atoms with Gasteiger partial charge in [-0.2, -0.15) is 13.2 Å². The van der Waals surface area contributed by atoms with Gasteiger partial charge in [-0.1, -0.05) is 12.1 Å². The first-order valence-electron chi connectivity index (χ1n) is 11.7. The van der Waals surface area contributed by atoms with E-state index in [0.717, 1.165) is 29.0 Å². The molecule has 37 heavy (non-hydrogen) atoms. The SMILES string of the molecule is O=C(C=Cc1cccc(C(F)(F)F)c1)NC1C2Oc3ccc(Oc4ccnc5c4CCC(=O)N5)cc3C12. The summed E-state index contributed by atoms with van der Waals surface area (Å²) in [5, 5.41) is 5.61.